The number of guanidine groups is 1. The third-order valence-corrected chi connectivity index (χ3v) is 4.63. The monoisotopic (exact) mass is 424 g/mol. The fraction of sp³-hybridized carbons (Fsp3) is 0.938. The van der Waals surface area contributed by atoms with E-state index in [2.05, 4.69) is 22.1 Å². The molecule has 22 heavy (non-hydrogen) atoms. The molecule has 2 atom stereocenters. The molecule has 6 heteroatoms. The number of nitrogens with two attached hydrogens (primary N) is 1. The van der Waals surface area contributed by atoms with Crippen LogP contribution in [0.2, 0.25) is 0 Å². The van der Waals surface area contributed by atoms with Crippen molar-refractivity contribution in [1.82, 2.24) is 10.2 Å². The van der Waals surface area contributed by atoms with Crippen LogP contribution in [0.5, 0.6) is 0 Å². The van der Waals surface area contributed by atoms with Crippen LogP contribution in [0.4, 0.5) is 0 Å². The summed E-state index contributed by atoms with van der Waals surface area (Å²) < 4.78 is 5.34. The molecule has 0 aromatic rings. The number of aliphatic imine (C=N–C) groups is 1. The van der Waals surface area contributed by atoms with Crippen LogP contribution in [-0.4, -0.2) is 56.8 Å². The summed E-state index contributed by atoms with van der Waals surface area (Å²) >= 11 is 0. The van der Waals surface area contributed by atoms with Gasteiger partial charge >= 0.3 is 0 Å². The van der Waals surface area contributed by atoms with Crippen molar-refractivity contribution in [3.8, 4) is 0 Å². The maximum atomic E-state index is 5.95. The highest BCUT2D eigenvalue weighted by Crippen LogP contribution is 2.28. The fourth-order valence-electron chi connectivity index (χ4n) is 3.35. The smallest absolute Gasteiger partial charge is 0.188 e. The predicted octanol–water partition coefficient (Wildman–Crippen LogP) is 2.06. The average Bonchev–Trinajstić information content (AvgIpc) is 2.51. The molecule has 2 rings (SSSR count). The molecule has 3 N–H and O–H groups in total. The van der Waals surface area contributed by atoms with Gasteiger partial charge in [-0.3, -0.25) is 9.89 Å². The summed E-state index contributed by atoms with van der Waals surface area (Å²) in [7, 11) is 0. The van der Waals surface area contributed by atoms with E-state index < -0.39 is 0 Å². The SMILES string of the molecule is CC1CCCC(CN=C(N)NCCCN2CCOCC2)C1.I. The average molecular weight is 424 g/mol. The summed E-state index contributed by atoms with van der Waals surface area (Å²) in [6, 6.07) is 0. The van der Waals surface area contributed by atoms with Crippen molar-refractivity contribution in [1.29, 1.82) is 0 Å². The summed E-state index contributed by atoms with van der Waals surface area (Å²) in [6.07, 6.45) is 6.48. The minimum absolute atomic E-state index is 0. The Bertz CT molecular complexity index is 321. The summed E-state index contributed by atoms with van der Waals surface area (Å²) in [5, 5.41) is 3.24. The van der Waals surface area contributed by atoms with Crippen LogP contribution >= 0.6 is 24.0 Å². The topological polar surface area (TPSA) is 62.9 Å². The summed E-state index contributed by atoms with van der Waals surface area (Å²) in [6.45, 7) is 9.13. The van der Waals surface area contributed by atoms with E-state index in [1.165, 1.54) is 25.7 Å². The zero-order valence-electron chi connectivity index (χ0n) is 13.9. The molecule has 0 amide bonds. The molecule has 0 bridgehead atoms. The number of rotatable bonds is 6. The van der Waals surface area contributed by atoms with Gasteiger partial charge in [0.1, 0.15) is 0 Å². The molecule has 2 unspecified atom stereocenters. The van der Waals surface area contributed by atoms with Crippen LogP contribution in [0.3, 0.4) is 0 Å². The van der Waals surface area contributed by atoms with E-state index in [0.717, 1.165) is 64.2 Å². The maximum absolute atomic E-state index is 5.95. The molecule has 1 aliphatic heterocycles. The number of halogens is 1. The molecular formula is C16H33IN4O. The van der Waals surface area contributed by atoms with E-state index in [0.29, 0.717) is 5.96 Å². The van der Waals surface area contributed by atoms with Gasteiger partial charge in [0.05, 0.1) is 13.2 Å². The van der Waals surface area contributed by atoms with E-state index in [-0.39, 0.29) is 24.0 Å². The summed E-state index contributed by atoms with van der Waals surface area (Å²) in [5.74, 6) is 2.22. The van der Waals surface area contributed by atoms with Crippen LogP contribution in [0.25, 0.3) is 0 Å². The normalized spacial score (nSPS) is 27.2. The van der Waals surface area contributed by atoms with Gasteiger partial charge < -0.3 is 15.8 Å². The first-order valence-corrected chi connectivity index (χ1v) is 8.58. The van der Waals surface area contributed by atoms with Gasteiger partial charge in [0.2, 0.25) is 0 Å². The molecule has 0 aromatic carbocycles. The zero-order chi connectivity index (χ0) is 14.9. The molecule has 0 radical (unpaired) electrons. The third kappa shape index (κ3) is 7.97. The number of hydrogen-bond donors (Lipinski definition) is 2. The van der Waals surface area contributed by atoms with E-state index >= 15 is 0 Å². The van der Waals surface area contributed by atoms with Gasteiger partial charge in [-0.2, -0.15) is 0 Å². The Morgan fingerprint density at radius 1 is 1.32 bits per heavy atom. The molecular weight excluding hydrogens is 391 g/mol. The lowest BCUT2D eigenvalue weighted by molar-refractivity contribution is 0.0376. The van der Waals surface area contributed by atoms with Crippen LogP contribution < -0.4 is 11.1 Å². The van der Waals surface area contributed by atoms with E-state index in [1.54, 1.807) is 0 Å². The molecule has 1 saturated heterocycles. The van der Waals surface area contributed by atoms with Crippen molar-refractivity contribution < 1.29 is 4.74 Å². The van der Waals surface area contributed by atoms with Gasteiger partial charge in [-0.1, -0.05) is 19.8 Å². The summed E-state index contributed by atoms with van der Waals surface area (Å²) in [4.78, 5) is 6.96. The minimum Gasteiger partial charge on any atom is -0.379 e. The van der Waals surface area contributed by atoms with E-state index in [1.807, 2.05) is 0 Å². The highest BCUT2D eigenvalue weighted by molar-refractivity contribution is 14.0. The van der Waals surface area contributed by atoms with Crippen molar-refractivity contribution in [2.75, 3.05) is 45.9 Å². The van der Waals surface area contributed by atoms with Gasteiger partial charge in [-0.25, -0.2) is 0 Å². The molecule has 0 spiro atoms. The Morgan fingerprint density at radius 3 is 2.82 bits per heavy atom. The van der Waals surface area contributed by atoms with Crippen molar-refractivity contribution in [2.45, 2.75) is 39.0 Å². The van der Waals surface area contributed by atoms with Crippen molar-refractivity contribution in [2.24, 2.45) is 22.6 Å². The van der Waals surface area contributed by atoms with Crippen LogP contribution in [0.15, 0.2) is 4.99 Å². The van der Waals surface area contributed by atoms with Gasteiger partial charge in [0.25, 0.3) is 0 Å². The second-order valence-corrected chi connectivity index (χ2v) is 6.60. The lowest BCUT2D eigenvalue weighted by atomic mass is 9.82. The number of hydrogen-bond acceptors (Lipinski definition) is 3. The Kier molecular flexibility index (Phi) is 10.4. The number of ether oxygens (including phenoxy) is 1. The van der Waals surface area contributed by atoms with Gasteiger partial charge in [-0.05, 0) is 37.6 Å². The summed E-state index contributed by atoms with van der Waals surface area (Å²) in [5.41, 5.74) is 5.95. The first-order valence-electron chi connectivity index (χ1n) is 8.58. The van der Waals surface area contributed by atoms with Crippen LogP contribution in [-0.2, 0) is 4.74 Å². The van der Waals surface area contributed by atoms with Crippen molar-refractivity contribution >= 4 is 29.9 Å². The predicted molar refractivity (Wildman–Crippen MR) is 103 cm³/mol. The quantitative estimate of drug-likeness (QED) is 0.297. The maximum Gasteiger partial charge on any atom is 0.188 e. The number of morpholine rings is 1. The van der Waals surface area contributed by atoms with Crippen molar-refractivity contribution in [3.05, 3.63) is 0 Å². The second-order valence-electron chi connectivity index (χ2n) is 6.60. The van der Waals surface area contributed by atoms with E-state index in [4.69, 9.17) is 10.5 Å². The molecule has 1 saturated carbocycles. The standard InChI is InChI=1S/C16H32N4O.HI/c1-14-4-2-5-15(12-14)13-19-16(17)18-6-3-7-20-8-10-21-11-9-20;/h14-15H,2-13H2,1H3,(H3,17,18,19);1H. The Hall–Kier alpha value is -0.0800. The largest absolute Gasteiger partial charge is 0.379 e. The Morgan fingerprint density at radius 2 is 2.09 bits per heavy atom. The lowest BCUT2D eigenvalue weighted by Gasteiger charge is -2.26. The third-order valence-electron chi connectivity index (χ3n) is 4.63. The number of nitrogens with zero attached hydrogens (tertiary/aromatic N) is 2. The highest BCUT2D eigenvalue weighted by Gasteiger charge is 2.18. The number of nitrogens with one attached hydrogen (secondary N) is 1. The molecule has 2 fully saturated rings. The molecule has 1 aliphatic carbocycles. The molecule has 0 aromatic heterocycles. The van der Waals surface area contributed by atoms with Gasteiger partial charge in [0.15, 0.2) is 5.96 Å². The molecule has 2 aliphatic rings. The molecule has 1 heterocycles. The lowest BCUT2D eigenvalue weighted by Crippen LogP contribution is -2.39. The van der Waals surface area contributed by atoms with Gasteiger partial charge in [-0.15, -0.1) is 24.0 Å². The zero-order valence-corrected chi connectivity index (χ0v) is 16.3. The molecule has 130 valence electrons. The van der Waals surface area contributed by atoms with Crippen molar-refractivity contribution in [3.63, 3.8) is 0 Å². The van der Waals surface area contributed by atoms with Crippen LogP contribution in [0, 0.1) is 11.8 Å². The second kappa shape index (κ2) is 11.5. The minimum atomic E-state index is 0. The highest BCUT2D eigenvalue weighted by atomic mass is 127. The molecule has 5 nitrogen and oxygen atoms in total. The Balaban J connectivity index is 0.00000242. The van der Waals surface area contributed by atoms with E-state index in [9.17, 15) is 0 Å². The Labute approximate surface area is 152 Å². The van der Waals surface area contributed by atoms with Crippen LogP contribution in [0.1, 0.15) is 39.0 Å². The fourth-order valence-corrected chi connectivity index (χ4v) is 3.35. The van der Waals surface area contributed by atoms with Gasteiger partial charge in [0, 0.05) is 26.2 Å². The first kappa shape index (κ1) is 20.0. The first-order chi connectivity index (χ1) is 10.2.